The zero-order valence-corrected chi connectivity index (χ0v) is 11.1. The molecule has 0 aliphatic heterocycles. The molecule has 0 amide bonds. The zero-order valence-electron chi connectivity index (χ0n) is 11.1. The standard InChI is InChI=1S/C12H26O4/c1-6-12(4,8-14)9-16-10(15-5)11(2,3)7-13/h10,13-14H,6-9H2,1-5H3. The minimum absolute atomic E-state index is 0.00648. The highest BCUT2D eigenvalue weighted by Crippen LogP contribution is 2.27. The van der Waals surface area contributed by atoms with Crippen LogP contribution in [0.1, 0.15) is 34.1 Å². The van der Waals surface area contributed by atoms with Crippen LogP contribution in [0.5, 0.6) is 0 Å². The number of aliphatic hydroxyl groups excluding tert-OH is 2. The van der Waals surface area contributed by atoms with E-state index in [9.17, 15) is 10.2 Å². The van der Waals surface area contributed by atoms with E-state index in [-0.39, 0.29) is 18.6 Å². The summed E-state index contributed by atoms with van der Waals surface area (Å²) in [5.74, 6) is 0. The van der Waals surface area contributed by atoms with Crippen molar-refractivity contribution in [2.45, 2.75) is 40.4 Å². The van der Waals surface area contributed by atoms with Gasteiger partial charge in [-0.25, -0.2) is 0 Å². The third kappa shape index (κ3) is 4.37. The maximum Gasteiger partial charge on any atom is 0.164 e. The van der Waals surface area contributed by atoms with E-state index in [0.29, 0.717) is 6.61 Å². The van der Waals surface area contributed by atoms with Crippen molar-refractivity contribution in [2.24, 2.45) is 10.8 Å². The Morgan fingerprint density at radius 1 is 1.12 bits per heavy atom. The van der Waals surface area contributed by atoms with Crippen LogP contribution in [0, 0.1) is 10.8 Å². The number of methoxy groups -OCH3 is 1. The molecule has 0 aromatic carbocycles. The van der Waals surface area contributed by atoms with Crippen molar-refractivity contribution in [3.8, 4) is 0 Å². The number of rotatable bonds is 8. The predicted molar refractivity (Wildman–Crippen MR) is 63.1 cm³/mol. The van der Waals surface area contributed by atoms with Crippen LogP contribution in [0.3, 0.4) is 0 Å². The fourth-order valence-corrected chi connectivity index (χ4v) is 1.22. The first-order valence-corrected chi connectivity index (χ1v) is 5.71. The van der Waals surface area contributed by atoms with Gasteiger partial charge in [0.25, 0.3) is 0 Å². The molecule has 0 fully saturated rings. The molecule has 0 saturated heterocycles. The fourth-order valence-electron chi connectivity index (χ4n) is 1.22. The van der Waals surface area contributed by atoms with Crippen molar-refractivity contribution < 1.29 is 19.7 Å². The Morgan fingerprint density at radius 3 is 2.00 bits per heavy atom. The van der Waals surface area contributed by atoms with E-state index in [4.69, 9.17) is 9.47 Å². The maximum atomic E-state index is 9.26. The van der Waals surface area contributed by atoms with Gasteiger partial charge in [-0.1, -0.05) is 27.7 Å². The Kier molecular flexibility index (Phi) is 6.48. The number of aliphatic hydroxyl groups is 2. The van der Waals surface area contributed by atoms with E-state index in [1.807, 2.05) is 27.7 Å². The van der Waals surface area contributed by atoms with Gasteiger partial charge in [0.05, 0.1) is 19.8 Å². The molecule has 2 unspecified atom stereocenters. The van der Waals surface area contributed by atoms with Crippen molar-refractivity contribution in [1.29, 1.82) is 0 Å². The van der Waals surface area contributed by atoms with Crippen LogP contribution in [-0.4, -0.2) is 43.4 Å². The summed E-state index contributed by atoms with van der Waals surface area (Å²) >= 11 is 0. The van der Waals surface area contributed by atoms with Gasteiger partial charge in [0.15, 0.2) is 6.29 Å². The second-order valence-corrected chi connectivity index (χ2v) is 5.35. The van der Waals surface area contributed by atoms with Gasteiger partial charge < -0.3 is 19.7 Å². The average molecular weight is 234 g/mol. The molecule has 4 nitrogen and oxygen atoms in total. The molecule has 16 heavy (non-hydrogen) atoms. The summed E-state index contributed by atoms with van der Waals surface area (Å²) in [6.07, 6.45) is 0.370. The number of hydrogen-bond donors (Lipinski definition) is 2. The lowest BCUT2D eigenvalue weighted by atomic mass is 9.89. The van der Waals surface area contributed by atoms with Crippen LogP contribution in [-0.2, 0) is 9.47 Å². The molecule has 2 atom stereocenters. The molecule has 0 aliphatic carbocycles. The highest BCUT2D eigenvalue weighted by Gasteiger charge is 2.32. The summed E-state index contributed by atoms with van der Waals surface area (Å²) < 4.78 is 10.9. The van der Waals surface area contributed by atoms with Gasteiger partial charge in [-0.15, -0.1) is 0 Å². The quantitative estimate of drug-likeness (QED) is 0.623. The van der Waals surface area contributed by atoms with Crippen LogP contribution >= 0.6 is 0 Å². The van der Waals surface area contributed by atoms with E-state index in [0.717, 1.165) is 6.42 Å². The Labute approximate surface area is 98.6 Å². The molecular weight excluding hydrogens is 208 g/mol. The molecule has 0 bridgehead atoms. The first kappa shape index (κ1) is 15.8. The van der Waals surface area contributed by atoms with Crippen molar-refractivity contribution in [2.75, 3.05) is 26.9 Å². The number of ether oxygens (including phenoxy) is 2. The monoisotopic (exact) mass is 234 g/mol. The lowest BCUT2D eigenvalue weighted by Gasteiger charge is -2.34. The maximum absolute atomic E-state index is 9.26. The van der Waals surface area contributed by atoms with Crippen molar-refractivity contribution in [1.82, 2.24) is 0 Å². The molecule has 0 rings (SSSR count). The molecule has 0 aliphatic rings. The summed E-state index contributed by atoms with van der Waals surface area (Å²) in [6, 6.07) is 0. The summed E-state index contributed by atoms with van der Waals surface area (Å²) in [4.78, 5) is 0. The minimum Gasteiger partial charge on any atom is -0.396 e. The first-order valence-electron chi connectivity index (χ1n) is 5.71. The van der Waals surface area contributed by atoms with Gasteiger partial charge in [-0.2, -0.15) is 0 Å². The Hall–Kier alpha value is -0.160. The van der Waals surface area contributed by atoms with Crippen molar-refractivity contribution in [3.63, 3.8) is 0 Å². The van der Waals surface area contributed by atoms with E-state index in [1.54, 1.807) is 7.11 Å². The van der Waals surface area contributed by atoms with Gasteiger partial charge in [-0.05, 0) is 6.42 Å². The third-order valence-electron chi connectivity index (χ3n) is 3.08. The van der Waals surface area contributed by atoms with Gasteiger partial charge in [-0.3, -0.25) is 0 Å². The largest absolute Gasteiger partial charge is 0.396 e. The van der Waals surface area contributed by atoms with Gasteiger partial charge in [0, 0.05) is 17.9 Å². The Bertz CT molecular complexity index is 187. The first-order chi connectivity index (χ1) is 7.35. The molecular formula is C12H26O4. The predicted octanol–water partition coefficient (Wildman–Crippen LogP) is 1.40. The Morgan fingerprint density at radius 2 is 1.69 bits per heavy atom. The average Bonchev–Trinajstić information content (AvgIpc) is 2.29. The summed E-state index contributed by atoms with van der Waals surface area (Å²) in [5.41, 5.74) is -0.693. The van der Waals surface area contributed by atoms with E-state index in [2.05, 4.69) is 0 Å². The molecule has 0 aromatic rings. The molecule has 0 aromatic heterocycles. The summed E-state index contributed by atoms with van der Waals surface area (Å²) in [6.45, 7) is 8.23. The molecule has 0 spiro atoms. The van der Waals surface area contributed by atoms with Gasteiger partial charge >= 0.3 is 0 Å². The van der Waals surface area contributed by atoms with Crippen molar-refractivity contribution >= 4 is 0 Å². The lowest BCUT2D eigenvalue weighted by Crippen LogP contribution is -2.40. The Balaban J connectivity index is 4.35. The van der Waals surface area contributed by atoms with Crippen LogP contribution in [0.25, 0.3) is 0 Å². The highest BCUT2D eigenvalue weighted by molar-refractivity contribution is 4.75. The fraction of sp³-hybridized carbons (Fsp3) is 1.00. The molecule has 0 heterocycles. The normalized spacial score (nSPS) is 18.2. The summed E-state index contributed by atoms with van der Waals surface area (Å²) in [7, 11) is 1.56. The van der Waals surface area contributed by atoms with Crippen LogP contribution < -0.4 is 0 Å². The van der Waals surface area contributed by atoms with E-state index >= 15 is 0 Å². The lowest BCUT2D eigenvalue weighted by molar-refractivity contribution is -0.209. The van der Waals surface area contributed by atoms with Crippen LogP contribution in [0.4, 0.5) is 0 Å². The second kappa shape index (κ2) is 6.55. The highest BCUT2D eigenvalue weighted by atomic mass is 16.7. The third-order valence-corrected chi connectivity index (χ3v) is 3.08. The minimum atomic E-state index is -0.463. The van der Waals surface area contributed by atoms with Gasteiger partial charge in [0.2, 0.25) is 0 Å². The molecule has 98 valence electrons. The van der Waals surface area contributed by atoms with E-state index < -0.39 is 11.7 Å². The smallest absolute Gasteiger partial charge is 0.164 e. The molecule has 2 N–H and O–H groups in total. The van der Waals surface area contributed by atoms with E-state index in [1.165, 1.54) is 0 Å². The topological polar surface area (TPSA) is 58.9 Å². The molecule has 0 radical (unpaired) electrons. The van der Waals surface area contributed by atoms with Crippen LogP contribution in [0.2, 0.25) is 0 Å². The molecule has 0 saturated carbocycles. The molecule has 4 heteroatoms. The summed E-state index contributed by atoms with van der Waals surface area (Å²) in [5, 5.41) is 18.5. The second-order valence-electron chi connectivity index (χ2n) is 5.35. The van der Waals surface area contributed by atoms with Gasteiger partial charge in [0.1, 0.15) is 0 Å². The number of hydrogen-bond acceptors (Lipinski definition) is 4. The zero-order chi connectivity index (χ0) is 12.8. The van der Waals surface area contributed by atoms with Crippen molar-refractivity contribution in [3.05, 3.63) is 0 Å². The SMILES string of the molecule is CCC(C)(CO)COC(OC)C(C)(C)CO. The van der Waals surface area contributed by atoms with Crippen LogP contribution in [0.15, 0.2) is 0 Å².